The first-order valence-corrected chi connectivity index (χ1v) is 20.8. The van der Waals surface area contributed by atoms with Gasteiger partial charge < -0.3 is 0 Å². The van der Waals surface area contributed by atoms with E-state index < -0.39 is 0 Å². The van der Waals surface area contributed by atoms with E-state index in [4.69, 9.17) is 0 Å². The molecule has 0 aliphatic rings. The highest BCUT2D eigenvalue weighted by Gasteiger charge is 2.09. The Kier molecular flexibility index (Phi) is 31.4. The summed E-state index contributed by atoms with van der Waals surface area (Å²) in [7, 11) is 0. The number of unbranched alkanes of at least 4 members (excludes halogenated alkanes) is 30. The Morgan fingerprint density at radius 2 is 0.614 bits per heavy atom. The van der Waals surface area contributed by atoms with Gasteiger partial charge in [0.05, 0.1) is 0 Å². The van der Waals surface area contributed by atoms with Gasteiger partial charge in [-0.1, -0.05) is 206 Å². The van der Waals surface area contributed by atoms with Crippen molar-refractivity contribution in [2.45, 2.75) is 246 Å². The fourth-order valence-corrected chi connectivity index (χ4v) is 7.01. The summed E-state index contributed by atoms with van der Waals surface area (Å²) in [5.41, 5.74) is 3.28. The molecule has 1 heteroatoms. The number of hydrogen-bond acceptors (Lipinski definition) is 0. The molecule has 0 saturated carbocycles. The number of nitrogens with zero attached hydrogens (tertiary/aromatic N) is 1. The molecule has 1 nitrogen and oxygen atoms in total. The summed E-state index contributed by atoms with van der Waals surface area (Å²) in [6, 6.07) is 2.44. The Balaban J connectivity index is 2.00. The van der Waals surface area contributed by atoms with Crippen LogP contribution in [0.1, 0.15) is 237 Å². The summed E-state index contributed by atoms with van der Waals surface area (Å²) >= 11 is 0. The van der Waals surface area contributed by atoms with Gasteiger partial charge in [0.25, 0.3) is 0 Å². The fraction of sp³-hybridized carbons (Fsp3) is 0.884. The minimum absolute atomic E-state index is 1.09. The van der Waals surface area contributed by atoms with E-state index in [1.807, 2.05) is 0 Å². The summed E-state index contributed by atoms with van der Waals surface area (Å²) < 4.78 is 2.39. The van der Waals surface area contributed by atoms with E-state index in [0.29, 0.717) is 0 Å². The maximum absolute atomic E-state index is 2.47. The van der Waals surface area contributed by atoms with Crippen molar-refractivity contribution in [2.24, 2.45) is 0 Å². The smallest absolute Gasteiger partial charge is 0.172 e. The van der Waals surface area contributed by atoms with Crippen LogP contribution in [0.15, 0.2) is 18.5 Å². The Labute approximate surface area is 279 Å². The van der Waals surface area contributed by atoms with Crippen molar-refractivity contribution in [3.05, 3.63) is 29.6 Å². The van der Waals surface area contributed by atoms with Crippen molar-refractivity contribution in [3.63, 3.8) is 0 Å². The maximum Gasteiger partial charge on any atom is 0.172 e. The van der Waals surface area contributed by atoms with E-state index in [-0.39, 0.29) is 0 Å². The van der Waals surface area contributed by atoms with Crippen molar-refractivity contribution in [3.8, 4) is 0 Å². The molecule has 0 radical (unpaired) electrons. The molecular formula is C43H82N+. The quantitative estimate of drug-likeness (QED) is 0.0530. The molecule has 1 heterocycles. The molecule has 1 rings (SSSR count). The highest BCUT2D eigenvalue weighted by molar-refractivity contribution is 5.21. The molecule has 0 unspecified atom stereocenters. The predicted molar refractivity (Wildman–Crippen MR) is 199 cm³/mol. The summed E-state index contributed by atoms with van der Waals surface area (Å²) in [6.07, 6.45) is 53.7. The van der Waals surface area contributed by atoms with E-state index in [9.17, 15) is 0 Å². The first kappa shape index (κ1) is 41.2. The second-order valence-corrected chi connectivity index (χ2v) is 14.4. The van der Waals surface area contributed by atoms with E-state index in [1.54, 1.807) is 11.1 Å². The molecule has 0 fully saturated rings. The van der Waals surface area contributed by atoms with Crippen LogP contribution in [0.25, 0.3) is 0 Å². The Morgan fingerprint density at radius 3 is 0.909 bits per heavy atom. The van der Waals surface area contributed by atoms with Crippen molar-refractivity contribution >= 4 is 0 Å². The SMILES string of the molecule is CCCCCCCCCCCCCCCCCCc1cc[n+](CC)cc1CCCCCCCCCCCCCCCCCC. The standard InChI is InChI=1S/C43H82N/c1-4-7-9-11-13-15-17-19-21-23-25-27-29-31-33-35-37-42-39-40-44(6-3)41-43(42)38-36-34-32-30-28-26-24-22-20-18-16-14-12-10-8-5-2/h39-41H,4-38H2,1-3H3/q+1. The number of hydrogen-bond donors (Lipinski definition) is 0. The van der Waals surface area contributed by atoms with Gasteiger partial charge in [0.1, 0.15) is 6.54 Å². The first-order valence-electron chi connectivity index (χ1n) is 20.8. The Morgan fingerprint density at radius 1 is 0.341 bits per heavy atom. The molecular weight excluding hydrogens is 530 g/mol. The summed E-state index contributed by atoms with van der Waals surface area (Å²) in [6.45, 7) is 7.98. The van der Waals surface area contributed by atoms with Crippen molar-refractivity contribution < 1.29 is 4.57 Å². The minimum Gasteiger partial charge on any atom is -0.205 e. The number of aryl methyl sites for hydroxylation is 3. The van der Waals surface area contributed by atoms with E-state index in [0.717, 1.165) is 6.54 Å². The van der Waals surface area contributed by atoms with Crippen LogP contribution in [0.3, 0.4) is 0 Å². The van der Waals surface area contributed by atoms with Gasteiger partial charge in [-0.15, -0.1) is 0 Å². The Hall–Kier alpha value is -0.850. The molecule has 258 valence electrons. The first-order chi connectivity index (χ1) is 21.8. The maximum atomic E-state index is 2.47. The van der Waals surface area contributed by atoms with Crippen LogP contribution in [0, 0.1) is 0 Å². The molecule has 44 heavy (non-hydrogen) atoms. The van der Waals surface area contributed by atoms with Gasteiger partial charge in [-0.3, -0.25) is 0 Å². The molecule has 0 aliphatic carbocycles. The highest BCUT2D eigenvalue weighted by Crippen LogP contribution is 2.18. The van der Waals surface area contributed by atoms with Crippen molar-refractivity contribution in [1.29, 1.82) is 0 Å². The molecule has 0 aromatic carbocycles. The number of aromatic nitrogens is 1. The normalized spacial score (nSPS) is 11.5. The zero-order chi connectivity index (χ0) is 31.6. The van der Waals surface area contributed by atoms with Crippen LogP contribution in [0.5, 0.6) is 0 Å². The lowest BCUT2D eigenvalue weighted by Gasteiger charge is -2.09. The van der Waals surface area contributed by atoms with Crippen LogP contribution in [0.4, 0.5) is 0 Å². The second-order valence-electron chi connectivity index (χ2n) is 14.4. The van der Waals surface area contributed by atoms with Gasteiger partial charge in [0.15, 0.2) is 12.4 Å². The van der Waals surface area contributed by atoms with Gasteiger partial charge in [0.2, 0.25) is 0 Å². The molecule has 0 saturated heterocycles. The molecule has 1 aromatic rings. The molecule has 0 N–H and O–H groups in total. The van der Waals surface area contributed by atoms with Crippen LogP contribution < -0.4 is 4.57 Å². The van der Waals surface area contributed by atoms with Gasteiger partial charge in [-0.05, 0) is 38.2 Å². The third-order valence-electron chi connectivity index (χ3n) is 10.2. The van der Waals surface area contributed by atoms with Crippen LogP contribution in [0.2, 0.25) is 0 Å². The monoisotopic (exact) mass is 613 g/mol. The van der Waals surface area contributed by atoms with Crippen LogP contribution in [-0.4, -0.2) is 0 Å². The third kappa shape index (κ3) is 26.4. The molecule has 0 aliphatic heterocycles. The fourth-order valence-electron chi connectivity index (χ4n) is 7.01. The minimum atomic E-state index is 1.09. The number of rotatable bonds is 35. The molecule has 0 atom stereocenters. The third-order valence-corrected chi connectivity index (χ3v) is 10.2. The number of pyridine rings is 1. The van der Waals surface area contributed by atoms with Gasteiger partial charge in [-0.25, -0.2) is 4.57 Å². The zero-order valence-corrected chi connectivity index (χ0v) is 30.9. The summed E-state index contributed by atoms with van der Waals surface area (Å²) in [5.74, 6) is 0. The molecule has 0 amide bonds. The summed E-state index contributed by atoms with van der Waals surface area (Å²) in [4.78, 5) is 0. The zero-order valence-electron chi connectivity index (χ0n) is 30.9. The lowest BCUT2D eigenvalue weighted by atomic mass is 9.97. The van der Waals surface area contributed by atoms with Gasteiger partial charge in [-0.2, -0.15) is 0 Å². The lowest BCUT2D eigenvalue weighted by Crippen LogP contribution is -2.32. The molecule has 0 bridgehead atoms. The van der Waals surface area contributed by atoms with E-state index >= 15 is 0 Å². The largest absolute Gasteiger partial charge is 0.205 e. The van der Waals surface area contributed by atoms with Crippen molar-refractivity contribution in [2.75, 3.05) is 0 Å². The van der Waals surface area contributed by atoms with Gasteiger partial charge >= 0.3 is 0 Å². The van der Waals surface area contributed by atoms with Crippen LogP contribution >= 0.6 is 0 Å². The predicted octanol–water partition coefficient (Wildman–Crippen LogP) is 14.6. The van der Waals surface area contributed by atoms with E-state index in [2.05, 4.69) is 43.8 Å². The second kappa shape index (κ2) is 33.5. The topological polar surface area (TPSA) is 3.88 Å². The van der Waals surface area contributed by atoms with Crippen molar-refractivity contribution in [1.82, 2.24) is 0 Å². The Bertz CT molecular complexity index is 694. The van der Waals surface area contributed by atoms with Gasteiger partial charge in [0, 0.05) is 11.6 Å². The van der Waals surface area contributed by atoms with E-state index in [1.165, 1.54) is 218 Å². The van der Waals surface area contributed by atoms with Crippen LogP contribution in [-0.2, 0) is 19.4 Å². The summed E-state index contributed by atoms with van der Waals surface area (Å²) in [5, 5.41) is 0. The molecule has 1 aromatic heterocycles. The average Bonchev–Trinajstić information content (AvgIpc) is 3.04. The molecule has 0 spiro atoms. The highest BCUT2D eigenvalue weighted by atomic mass is 14.9. The lowest BCUT2D eigenvalue weighted by molar-refractivity contribution is -0.694. The average molecular weight is 613 g/mol.